The third-order valence-corrected chi connectivity index (χ3v) is 2.00. The van der Waals surface area contributed by atoms with Gasteiger partial charge in [-0.1, -0.05) is 13.8 Å². The Kier molecular flexibility index (Phi) is 2.88. The minimum atomic E-state index is -0.996. The molecule has 0 saturated carbocycles. The summed E-state index contributed by atoms with van der Waals surface area (Å²) in [7, 11) is 0. The highest BCUT2D eigenvalue weighted by Gasteiger charge is 2.08. The van der Waals surface area contributed by atoms with Crippen molar-refractivity contribution >= 4 is 5.97 Å². The summed E-state index contributed by atoms with van der Waals surface area (Å²) in [6, 6.07) is 6.66. The Morgan fingerprint density at radius 2 is 2.07 bits per heavy atom. The number of nitrogens with zero attached hydrogens (tertiary/aromatic N) is 1. The summed E-state index contributed by atoms with van der Waals surface area (Å²) in [6.07, 6.45) is 0. The van der Waals surface area contributed by atoms with Crippen LogP contribution in [0, 0.1) is 11.3 Å². The van der Waals surface area contributed by atoms with Crippen molar-refractivity contribution in [3.8, 4) is 6.07 Å². The Bertz CT molecular complexity index is 402. The van der Waals surface area contributed by atoms with Crippen LogP contribution >= 0.6 is 0 Å². The van der Waals surface area contributed by atoms with E-state index < -0.39 is 5.97 Å². The zero-order valence-corrected chi connectivity index (χ0v) is 8.11. The fourth-order valence-corrected chi connectivity index (χ4v) is 1.17. The molecule has 1 rings (SSSR count). The Hall–Kier alpha value is -1.82. The molecule has 72 valence electrons. The minimum Gasteiger partial charge on any atom is -0.478 e. The Labute approximate surface area is 82.6 Å². The highest BCUT2D eigenvalue weighted by Crippen LogP contribution is 2.18. The summed E-state index contributed by atoms with van der Waals surface area (Å²) in [6.45, 7) is 3.92. The third kappa shape index (κ3) is 2.11. The number of hydrogen-bond acceptors (Lipinski definition) is 2. The molecule has 0 atom stereocenters. The first-order valence-electron chi connectivity index (χ1n) is 4.33. The first kappa shape index (κ1) is 10.3. The van der Waals surface area contributed by atoms with Crippen LogP contribution in [-0.2, 0) is 0 Å². The Morgan fingerprint density at radius 3 is 2.50 bits per heavy atom. The van der Waals surface area contributed by atoms with Gasteiger partial charge in [0.15, 0.2) is 0 Å². The maximum Gasteiger partial charge on any atom is 0.335 e. The molecule has 0 bridgehead atoms. The van der Waals surface area contributed by atoms with Gasteiger partial charge in [-0.15, -0.1) is 0 Å². The van der Waals surface area contributed by atoms with Crippen molar-refractivity contribution in [3.63, 3.8) is 0 Å². The molecule has 14 heavy (non-hydrogen) atoms. The topological polar surface area (TPSA) is 61.1 Å². The number of carbonyl (C=O) groups is 1. The molecule has 3 heteroatoms. The molecule has 0 aliphatic rings. The summed E-state index contributed by atoms with van der Waals surface area (Å²) in [5.41, 5.74) is 1.45. The molecule has 0 amide bonds. The summed E-state index contributed by atoms with van der Waals surface area (Å²) in [4.78, 5) is 10.7. The predicted molar refractivity (Wildman–Crippen MR) is 52.2 cm³/mol. The van der Waals surface area contributed by atoms with Gasteiger partial charge in [0.1, 0.15) is 0 Å². The molecule has 0 aliphatic carbocycles. The lowest BCUT2D eigenvalue weighted by atomic mass is 9.98. The van der Waals surface area contributed by atoms with E-state index in [9.17, 15) is 4.79 Å². The fraction of sp³-hybridized carbons (Fsp3) is 0.273. The number of carboxylic acids is 1. The van der Waals surface area contributed by atoms with Crippen LogP contribution in [0.1, 0.15) is 41.3 Å². The van der Waals surface area contributed by atoms with Gasteiger partial charge in [0.25, 0.3) is 0 Å². The molecule has 0 spiro atoms. The van der Waals surface area contributed by atoms with Gasteiger partial charge in [0, 0.05) is 0 Å². The van der Waals surface area contributed by atoms with E-state index in [-0.39, 0.29) is 11.5 Å². The Balaban J connectivity index is 3.29. The van der Waals surface area contributed by atoms with E-state index in [0.717, 1.165) is 5.56 Å². The predicted octanol–water partition coefficient (Wildman–Crippen LogP) is 2.38. The van der Waals surface area contributed by atoms with Crippen LogP contribution in [-0.4, -0.2) is 11.1 Å². The highest BCUT2D eigenvalue weighted by atomic mass is 16.4. The monoisotopic (exact) mass is 189 g/mol. The van der Waals surface area contributed by atoms with Crippen molar-refractivity contribution in [1.29, 1.82) is 5.26 Å². The first-order valence-corrected chi connectivity index (χ1v) is 4.33. The minimum absolute atomic E-state index is 0.174. The Morgan fingerprint density at radius 1 is 1.43 bits per heavy atom. The van der Waals surface area contributed by atoms with Crippen LogP contribution in [0.3, 0.4) is 0 Å². The van der Waals surface area contributed by atoms with Gasteiger partial charge >= 0.3 is 5.97 Å². The van der Waals surface area contributed by atoms with E-state index in [0.29, 0.717) is 5.56 Å². The maximum absolute atomic E-state index is 10.7. The number of aromatic carboxylic acids is 1. The molecular formula is C11H11NO2. The van der Waals surface area contributed by atoms with Crippen LogP contribution < -0.4 is 0 Å². The van der Waals surface area contributed by atoms with Gasteiger partial charge in [-0.2, -0.15) is 5.26 Å². The van der Waals surface area contributed by atoms with Crippen molar-refractivity contribution in [1.82, 2.24) is 0 Å². The summed E-state index contributed by atoms with van der Waals surface area (Å²) < 4.78 is 0. The van der Waals surface area contributed by atoms with Crippen LogP contribution in [0.4, 0.5) is 0 Å². The molecule has 1 aromatic rings. The van der Waals surface area contributed by atoms with Crippen molar-refractivity contribution in [2.45, 2.75) is 19.8 Å². The molecule has 0 saturated heterocycles. The molecule has 0 aromatic heterocycles. The van der Waals surface area contributed by atoms with Crippen molar-refractivity contribution in [3.05, 3.63) is 34.9 Å². The molecule has 3 nitrogen and oxygen atoms in total. The number of benzene rings is 1. The lowest BCUT2D eigenvalue weighted by Crippen LogP contribution is -1.99. The quantitative estimate of drug-likeness (QED) is 0.776. The average molecular weight is 189 g/mol. The van der Waals surface area contributed by atoms with E-state index in [1.165, 1.54) is 6.07 Å². The second kappa shape index (κ2) is 3.93. The number of nitriles is 1. The van der Waals surface area contributed by atoms with Crippen molar-refractivity contribution in [2.24, 2.45) is 0 Å². The van der Waals surface area contributed by atoms with Crippen LogP contribution in [0.2, 0.25) is 0 Å². The number of hydrogen-bond donors (Lipinski definition) is 1. The third-order valence-electron chi connectivity index (χ3n) is 2.00. The normalized spacial score (nSPS) is 9.86. The molecular weight excluding hydrogens is 178 g/mol. The van der Waals surface area contributed by atoms with Crippen LogP contribution in [0.5, 0.6) is 0 Å². The van der Waals surface area contributed by atoms with Crippen LogP contribution in [0.25, 0.3) is 0 Å². The zero-order valence-electron chi connectivity index (χ0n) is 8.11. The van der Waals surface area contributed by atoms with Gasteiger partial charge in [-0.05, 0) is 29.7 Å². The van der Waals surface area contributed by atoms with Crippen molar-refractivity contribution < 1.29 is 9.90 Å². The second-order valence-corrected chi connectivity index (χ2v) is 3.42. The fourth-order valence-electron chi connectivity index (χ4n) is 1.17. The van der Waals surface area contributed by atoms with E-state index in [2.05, 4.69) is 0 Å². The van der Waals surface area contributed by atoms with E-state index in [1.807, 2.05) is 19.9 Å². The average Bonchev–Trinajstić information content (AvgIpc) is 2.16. The lowest BCUT2D eigenvalue weighted by molar-refractivity contribution is 0.0696. The van der Waals surface area contributed by atoms with E-state index >= 15 is 0 Å². The molecule has 0 radical (unpaired) electrons. The van der Waals surface area contributed by atoms with Gasteiger partial charge in [-0.25, -0.2) is 4.79 Å². The van der Waals surface area contributed by atoms with E-state index in [4.69, 9.17) is 10.4 Å². The standard InChI is InChI=1S/C11H11NO2/c1-7(2)9-3-8(6-12)4-10(5-9)11(13)14/h3-5,7H,1-2H3,(H,13,14). The van der Waals surface area contributed by atoms with Gasteiger partial charge in [-0.3, -0.25) is 0 Å². The molecule has 1 aromatic carbocycles. The zero-order chi connectivity index (χ0) is 10.7. The second-order valence-electron chi connectivity index (χ2n) is 3.42. The largest absolute Gasteiger partial charge is 0.478 e. The van der Waals surface area contributed by atoms with Gasteiger partial charge < -0.3 is 5.11 Å². The van der Waals surface area contributed by atoms with E-state index in [1.54, 1.807) is 12.1 Å². The number of rotatable bonds is 2. The lowest BCUT2D eigenvalue weighted by Gasteiger charge is -2.06. The smallest absolute Gasteiger partial charge is 0.335 e. The van der Waals surface area contributed by atoms with Gasteiger partial charge in [0.05, 0.1) is 17.2 Å². The summed E-state index contributed by atoms with van der Waals surface area (Å²) in [5, 5.41) is 17.5. The van der Waals surface area contributed by atoms with Crippen LogP contribution in [0.15, 0.2) is 18.2 Å². The molecule has 0 unspecified atom stereocenters. The molecule has 0 fully saturated rings. The highest BCUT2D eigenvalue weighted by molar-refractivity contribution is 5.88. The maximum atomic E-state index is 10.7. The summed E-state index contributed by atoms with van der Waals surface area (Å²) in [5.74, 6) is -0.773. The molecule has 0 aliphatic heterocycles. The van der Waals surface area contributed by atoms with Gasteiger partial charge in [0.2, 0.25) is 0 Å². The SMILES string of the molecule is CC(C)c1cc(C#N)cc(C(=O)O)c1. The molecule has 1 N–H and O–H groups in total. The first-order chi connectivity index (χ1) is 6.54. The molecule has 0 heterocycles. The summed E-state index contributed by atoms with van der Waals surface area (Å²) >= 11 is 0. The van der Waals surface area contributed by atoms with Crippen molar-refractivity contribution in [2.75, 3.05) is 0 Å². The number of carboxylic acid groups (broad SMARTS) is 1.